The summed E-state index contributed by atoms with van der Waals surface area (Å²) in [5, 5.41) is 10.4. The fourth-order valence-electron chi connectivity index (χ4n) is 1.00. The molecular weight excluding hydrogens is 172 g/mol. The second kappa shape index (κ2) is 3.66. The minimum atomic E-state index is -1.55. The molecule has 0 aliphatic carbocycles. The van der Waals surface area contributed by atoms with Crippen LogP contribution in [-0.2, 0) is 4.79 Å². The van der Waals surface area contributed by atoms with Gasteiger partial charge in [0.15, 0.2) is 0 Å². The zero-order valence-electron chi connectivity index (χ0n) is 6.64. The maximum absolute atomic E-state index is 10.6. The number of nitro groups is 1. The molecule has 67 valence electrons. The summed E-state index contributed by atoms with van der Waals surface area (Å²) in [6.45, 7) is 0. The van der Waals surface area contributed by atoms with Gasteiger partial charge in [-0.15, -0.1) is 0 Å². The van der Waals surface area contributed by atoms with Gasteiger partial charge in [0.2, 0.25) is 0 Å². The Balaban J connectivity index is 3.03. The normalized spacial score (nSPS) is 12.0. The van der Waals surface area contributed by atoms with Crippen molar-refractivity contribution in [3.63, 3.8) is 0 Å². The first-order valence-corrected chi connectivity index (χ1v) is 3.57. The van der Waals surface area contributed by atoms with Gasteiger partial charge in [-0.25, -0.2) is 0 Å². The number of hydrogen-bond donors (Lipinski definition) is 0. The molecule has 5 heteroatoms. The van der Waals surface area contributed by atoms with E-state index in [1.807, 2.05) is 0 Å². The van der Waals surface area contributed by atoms with Gasteiger partial charge in [-0.1, -0.05) is 30.3 Å². The highest BCUT2D eigenvalue weighted by atomic mass is 16.6. The van der Waals surface area contributed by atoms with E-state index in [9.17, 15) is 14.9 Å². The van der Waals surface area contributed by atoms with E-state index in [2.05, 4.69) is 0 Å². The first-order chi connectivity index (χ1) is 6.13. The average Bonchev–Trinajstić information content (AvgIpc) is 2.04. The predicted molar refractivity (Wildman–Crippen MR) is 44.3 cm³/mol. The molecule has 1 N–H and O–H groups in total. The Labute approximate surface area is 74.3 Å². The molecule has 1 unspecified atom stereocenters. The molecule has 0 aliphatic heterocycles. The van der Waals surface area contributed by atoms with Crippen LogP contribution < -0.4 is 5.73 Å². The minimum Gasteiger partial charge on any atom is -0.265 e. The Morgan fingerprint density at radius 2 is 1.92 bits per heavy atom. The second-order valence-corrected chi connectivity index (χ2v) is 2.46. The second-order valence-electron chi connectivity index (χ2n) is 2.46. The first-order valence-electron chi connectivity index (χ1n) is 3.57. The number of rotatable bonds is 3. The average molecular weight is 179 g/mol. The molecular formula is C8H7N2O3. The van der Waals surface area contributed by atoms with Gasteiger partial charge >= 0.3 is 11.9 Å². The molecule has 0 saturated carbocycles. The predicted octanol–water partition coefficient (Wildman–Crippen LogP) is 0.814. The van der Waals surface area contributed by atoms with Gasteiger partial charge < -0.3 is 0 Å². The van der Waals surface area contributed by atoms with Gasteiger partial charge in [-0.3, -0.25) is 20.6 Å². The quantitative estimate of drug-likeness (QED) is 0.508. The number of amides is 1. The van der Waals surface area contributed by atoms with E-state index >= 15 is 0 Å². The highest BCUT2D eigenvalue weighted by molar-refractivity contribution is 5.79. The zero-order chi connectivity index (χ0) is 9.84. The molecule has 13 heavy (non-hydrogen) atoms. The summed E-state index contributed by atoms with van der Waals surface area (Å²) >= 11 is 0. The summed E-state index contributed by atoms with van der Waals surface area (Å²) in [5.74, 6) is -1.20. The summed E-state index contributed by atoms with van der Waals surface area (Å²) in [6, 6.07) is 6.24. The van der Waals surface area contributed by atoms with Crippen LogP contribution in [0.25, 0.3) is 0 Å². The molecule has 0 spiro atoms. The van der Waals surface area contributed by atoms with Crippen molar-refractivity contribution >= 4 is 5.91 Å². The third-order valence-corrected chi connectivity index (χ3v) is 1.57. The van der Waals surface area contributed by atoms with Gasteiger partial charge in [0.25, 0.3) is 0 Å². The van der Waals surface area contributed by atoms with Crippen LogP contribution in [0, 0.1) is 10.1 Å². The van der Waals surface area contributed by atoms with Crippen LogP contribution in [-0.4, -0.2) is 10.8 Å². The highest BCUT2D eigenvalue weighted by Crippen LogP contribution is 2.15. The van der Waals surface area contributed by atoms with Crippen molar-refractivity contribution in [1.82, 2.24) is 5.73 Å². The number of carbonyl (C=O) groups is 1. The van der Waals surface area contributed by atoms with E-state index in [1.165, 1.54) is 12.1 Å². The summed E-state index contributed by atoms with van der Waals surface area (Å²) in [4.78, 5) is 20.3. The van der Waals surface area contributed by atoms with Gasteiger partial charge in [0.1, 0.15) is 0 Å². The van der Waals surface area contributed by atoms with Gasteiger partial charge in [0, 0.05) is 10.5 Å². The molecule has 0 fully saturated rings. The molecule has 1 aromatic rings. The van der Waals surface area contributed by atoms with Crippen LogP contribution in [0.4, 0.5) is 0 Å². The smallest absolute Gasteiger partial charge is 0.265 e. The number of nitrogens with zero attached hydrogens (tertiary/aromatic N) is 1. The molecule has 1 rings (SSSR count). The highest BCUT2D eigenvalue weighted by Gasteiger charge is 2.29. The molecule has 5 nitrogen and oxygen atoms in total. The van der Waals surface area contributed by atoms with Crippen molar-refractivity contribution < 1.29 is 9.72 Å². The van der Waals surface area contributed by atoms with Crippen LogP contribution in [0.2, 0.25) is 0 Å². The SMILES string of the molecule is [NH]C(=O)C(c1ccccc1)[N+](=O)[O-]. The van der Waals surface area contributed by atoms with Gasteiger partial charge in [0.05, 0.1) is 0 Å². The Hall–Kier alpha value is -1.91. The third-order valence-electron chi connectivity index (χ3n) is 1.57. The van der Waals surface area contributed by atoms with Crippen LogP contribution in [0.1, 0.15) is 11.6 Å². The van der Waals surface area contributed by atoms with Crippen molar-refractivity contribution in [2.75, 3.05) is 0 Å². The molecule has 1 aromatic carbocycles. The van der Waals surface area contributed by atoms with E-state index < -0.39 is 16.9 Å². The fourth-order valence-corrected chi connectivity index (χ4v) is 1.00. The maximum atomic E-state index is 10.6. The number of nitrogens with one attached hydrogen (secondary N) is 1. The molecule has 1 radical (unpaired) electrons. The lowest BCUT2D eigenvalue weighted by Gasteiger charge is -2.03. The summed E-state index contributed by atoms with van der Waals surface area (Å²) < 4.78 is 0. The van der Waals surface area contributed by atoms with Crippen molar-refractivity contribution in [2.24, 2.45) is 0 Å². The van der Waals surface area contributed by atoms with Gasteiger partial charge in [-0.05, 0) is 0 Å². The Morgan fingerprint density at radius 1 is 1.38 bits per heavy atom. The molecule has 0 heterocycles. The van der Waals surface area contributed by atoms with E-state index in [4.69, 9.17) is 5.73 Å². The zero-order valence-corrected chi connectivity index (χ0v) is 6.64. The lowest BCUT2D eigenvalue weighted by atomic mass is 10.1. The molecule has 0 saturated heterocycles. The van der Waals surface area contributed by atoms with E-state index in [0.29, 0.717) is 0 Å². The van der Waals surface area contributed by atoms with Crippen molar-refractivity contribution in [2.45, 2.75) is 6.04 Å². The fraction of sp³-hybridized carbons (Fsp3) is 0.125. The molecule has 1 amide bonds. The topological polar surface area (TPSA) is 84.0 Å². The largest absolute Gasteiger partial charge is 0.318 e. The molecule has 0 bridgehead atoms. The Bertz CT molecular complexity index is 309. The van der Waals surface area contributed by atoms with Crippen molar-refractivity contribution in [1.29, 1.82) is 0 Å². The van der Waals surface area contributed by atoms with Gasteiger partial charge in [-0.2, -0.15) is 0 Å². The monoisotopic (exact) mass is 179 g/mol. The Morgan fingerprint density at radius 3 is 2.31 bits per heavy atom. The maximum Gasteiger partial charge on any atom is 0.318 e. The molecule has 1 atom stereocenters. The van der Waals surface area contributed by atoms with E-state index in [0.717, 1.165) is 0 Å². The van der Waals surface area contributed by atoms with Crippen LogP contribution in [0.5, 0.6) is 0 Å². The standard InChI is InChI=1S/C8H7N2O3/c9-8(11)7(10(12)13)6-4-2-1-3-5-6/h1-5,7,9H. The van der Waals surface area contributed by atoms with Crippen molar-refractivity contribution in [3.8, 4) is 0 Å². The van der Waals surface area contributed by atoms with E-state index in [1.54, 1.807) is 18.2 Å². The minimum absolute atomic E-state index is 0.243. The molecule has 0 aliphatic rings. The van der Waals surface area contributed by atoms with Crippen LogP contribution >= 0.6 is 0 Å². The van der Waals surface area contributed by atoms with Crippen LogP contribution in [0.3, 0.4) is 0 Å². The summed E-state index contributed by atoms with van der Waals surface area (Å²) in [7, 11) is 0. The first kappa shape index (κ1) is 9.18. The summed E-state index contributed by atoms with van der Waals surface area (Å²) in [5.41, 5.74) is 6.97. The third kappa shape index (κ3) is 2.02. The Kier molecular flexibility index (Phi) is 2.59. The number of benzene rings is 1. The van der Waals surface area contributed by atoms with E-state index in [-0.39, 0.29) is 5.56 Å². The van der Waals surface area contributed by atoms with Crippen LogP contribution in [0.15, 0.2) is 30.3 Å². The summed E-state index contributed by atoms with van der Waals surface area (Å²) in [6.07, 6.45) is 0. The lowest BCUT2D eigenvalue weighted by molar-refractivity contribution is -0.513. The lowest BCUT2D eigenvalue weighted by Crippen LogP contribution is -2.21. The van der Waals surface area contributed by atoms with Crippen molar-refractivity contribution in [3.05, 3.63) is 46.0 Å². The number of carbonyl (C=O) groups excluding carboxylic acids is 1. The molecule has 0 aromatic heterocycles. The number of hydrogen-bond acceptors (Lipinski definition) is 3.